The van der Waals surface area contributed by atoms with Crippen molar-refractivity contribution in [1.82, 2.24) is 28.7 Å². The van der Waals surface area contributed by atoms with Gasteiger partial charge < -0.3 is 15.4 Å². The van der Waals surface area contributed by atoms with Crippen LogP contribution in [0, 0.1) is 24.2 Å². The summed E-state index contributed by atoms with van der Waals surface area (Å²) in [5, 5.41) is 0.909. The molecule has 0 aliphatic carbocycles. The molecular weight excluding hydrogens is 536 g/mol. The number of anilines is 1. The van der Waals surface area contributed by atoms with Crippen LogP contribution in [0.5, 0.6) is 0 Å². The predicted octanol–water partition coefficient (Wildman–Crippen LogP) is 2.70. The van der Waals surface area contributed by atoms with Crippen molar-refractivity contribution in [2.24, 2.45) is 18.2 Å². The Morgan fingerprint density at radius 1 is 1.14 bits per heavy atom. The average molecular weight is 573 g/mol. The second-order valence-corrected chi connectivity index (χ2v) is 11.7. The maximum absolute atomic E-state index is 14.1. The summed E-state index contributed by atoms with van der Waals surface area (Å²) in [7, 11) is 1.59. The van der Waals surface area contributed by atoms with Crippen molar-refractivity contribution in [3.8, 4) is 11.8 Å². The van der Waals surface area contributed by atoms with Gasteiger partial charge in [0.25, 0.3) is 5.56 Å². The summed E-state index contributed by atoms with van der Waals surface area (Å²) in [4.78, 5) is 55.6. The molecule has 12 nitrogen and oxygen atoms in total. The topological polar surface area (TPSA) is 143 Å². The number of nitrogens with zero attached hydrogens (tertiary/aromatic N) is 7. The number of para-hydroxylation sites is 1. The molecule has 1 amide bonds. The molecule has 2 atom stereocenters. The molecule has 1 aliphatic heterocycles. The first-order valence-electron chi connectivity index (χ1n) is 14.0. The van der Waals surface area contributed by atoms with Crippen LogP contribution in [0.25, 0.3) is 22.1 Å². The summed E-state index contributed by atoms with van der Waals surface area (Å²) >= 11 is 0. The van der Waals surface area contributed by atoms with Gasteiger partial charge >= 0.3 is 11.8 Å². The highest BCUT2D eigenvalue weighted by Crippen LogP contribution is 2.37. The van der Waals surface area contributed by atoms with E-state index in [2.05, 4.69) is 47.5 Å². The molecular formula is C30H36N8O4. The van der Waals surface area contributed by atoms with Crippen LogP contribution >= 0.6 is 0 Å². The number of imidazole rings is 1. The summed E-state index contributed by atoms with van der Waals surface area (Å²) in [5.41, 5.74) is 6.05. The van der Waals surface area contributed by atoms with Gasteiger partial charge in [-0.15, -0.1) is 5.92 Å². The van der Waals surface area contributed by atoms with Gasteiger partial charge in [0.2, 0.25) is 5.95 Å². The molecule has 4 aromatic rings. The Labute approximate surface area is 243 Å². The lowest BCUT2D eigenvalue weighted by molar-refractivity contribution is 0.0394. The van der Waals surface area contributed by atoms with E-state index in [-0.39, 0.29) is 35.7 Å². The number of ether oxygens (including phenoxy) is 1. The molecule has 1 unspecified atom stereocenters. The molecule has 1 aromatic carbocycles. The number of fused-ring (bicyclic) bond motifs is 2. The second-order valence-electron chi connectivity index (χ2n) is 11.7. The van der Waals surface area contributed by atoms with Crippen LogP contribution in [0.15, 0.2) is 33.9 Å². The molecule has 3 aromatic heterocycles. The number of hydrogen-bond acceptors (Lipinski definition) is 8. The predicted molar refractivity (Wildman–Crippen MR) is 160 cm³/mol. The fourth-order valence-corrected chi connectivity index (χ4v) is 6.02. The van der Waals surface area contributed by atoms with E-state index in [0.29, 0.717) is 24.7 Å². The third-order valence-electron chi connectivity index (χ3n) is 7.75. The Morgan fingerprint density at radius 2 is 1.88 bits per heavy atom. The highest BCUT2D eigenvalue weighted by Gasteiger charge is 2.43. The minimum Gasteiger partial charge on any atom is -0.444 e. The molecule has 0 spiro atoms. The lowest BCUT2D eigenvalue weighted by Gasteiger charge is -2.47. The van der Waals surface area contributed by atoms with Crippen LogP contribution in [0.4, 0.5) is 10.7 Å². The summed E-state index contributed by atoms with van der Waals surface area (Å²) in [6.45, 7) is 10.5. The number of aromatic nitrogens is 6. The van der Waals surface area contributed by atoms with Gasteiger partial charge in [0, 0.05) is 24.7 Å². The zero-order chi connectivity index (χ0) is 30.3. The lowest BCUT2D eigenvalue weighted by Crippen LogP contribution is -2.57. The molecule has 1 saturated heterocycles. The monoisotopic (exact) mass is 572 g/mol. The average Bonchev–Trinajstić information content (AvgIpc) is 3.31. The summed E-state index contributed by atoms with van der Waals surface area (Å²) in [5.74, 6) is 6.80. The van der Waals surface area contributed by atoms with Crippen LogP contribution in [0.3, 0.4) is 0 Å². The number of primary amides is 1. The van der Waals surface area contributed by atoms with Gasteiger partial charge in [0.1, 0.15) is 11.9 Å². The van der Waals surface area contributed by atoms with Gasteiger partial charge in [-0.3, -0.25) is 18.5 Å². The Balaban J connectivity index is 1.71. The fraction of sp³-hybridized carbons (Fsp3) is 0.467. The lowest BCUT2D eigenvalue weighted by atomic mass is 9.79. The maximum Gasteiger partial charge on any atom is 0.404 e. The first kappa shape index (κ1) is 28.9. The molecule has 4 heterocycles. The molecule has 12 heteroatoms. The highest BCUT2D eigenvalue weighted by atomic mass is 16.6. The van der Waals surface area contributed by atoms with E-state index in [1.54, 1.807) is 18.5 Å². The van der Waals surface area contributed by atoms with E-state index in [0.717, 1.165) is 27.6 Å². The Hall–Kier alpha value is -4.66. The Kier molecular flexibility index (Phi) is 7.53. The SMILES string of the molecule is CC#CCn1c(N2CCCC(OC(N)=O)[C@H]2C(C)(C)C)nc2c1c(=O)n(Cc1nc(C)c3ccccc3n1)c(=O)n2C. The van der Waals surface area contributed by atoms with Crippen molar-refractivity contribution in [2.45, 2.75) is 72.7 Å². The normalized spacial score (nSPS) is 17.3. The van der Waals surface area contributed by atoms with Crippen LogP contribution in [-0.2, 0) is 24.9 Å². The van der Waals surface area contributed by atoms with Gasteiger partial charge in [-0.2, -0.15) is 4.98 Å². The smallest absolute Gasteiger partial charge is 0.404 e. The number of hydrogen-bond donors (Lipinski definition) is 1. The first-order valence-corrected chi connectivity index (χ1v) is 14.0. The number of aryl methyl sites for hydroxylation is 2. The number of carbonyl (C=O) groups excluding carboxylic acids is 1. The van der Waals surface area contributed by atoms with Crippen LogP contribution in [0.1, 0.15) is 52.1 Å². The molecule has 5 rings (SSSR count). The van der Waals surface area contributed by atoms with Gasteiger partial charge in [0.15, 0.2) is 11.2 Å². The van der Waals surface area contributed by atoms with Gasteiger partial charge in [-0.1, -0.05) is 44.9 Å². The van der Waals surface area contributed by atoms with E-state index in [1.807, 2.05) is 31.2 Å². The van der Waals surface area contributed by atoms with Crippen LogP contribution in [-0.4, -0.2) is 53.4 Å². The molecule has 2 N–H and O–H groups in total. The molecule has 0 bridgehead atoms. The standard InChI is InChI=1S/C30H36N8O4/c1-7-8-15-36-23-25(34-28(36)37-16-11-14-21(42-27(31)40)24(37)30(3,4)5)35(6)29(41)38(26(23)39)17-22-32-18(2)19-12-9-10-13-20(19)33-22/h9-10,12-13,21,24H,11,14-17H2,1-6H3,(H2,31,40)/t21?,24-/m0/s1. The number of piperidine rings is 1. The van der Waals surface area contributed by atoms with Crippen molar-refractivity contribution in [2.75, 3.05) is 11.4 Å². The second kappa shape index (κ2) is 11.0. The Morgan fingerprint density at radius 3 is 2.57 bits per heavy atom. The summed E-state index contributed by atoms with van der Waals surface area (Å²) in [6, 6.07) is 7.32. The van der Waals surface area contributed by atoms with Crippen LogP contribution in [0.2, 0.25) is 0 Å². The molecule has 1 aliphatic rings. The molecule has 42 heavy (non-hydrogen) atoms. The molecule has 0 radical (unpaired) electrons. The van der Waals surface area contributed by atoms with Crippen LogP contribution < -0.4 is 21.9 Å². The number of amides is 1. The molecule has 1 fully saturated rings. The number of benzene rings is 1. The minimum atomic E-state index is -0.835. The third kappa shape index (κ3) is 5.11. The third-order valence-corrected chi connectivity index (χ3v) is 7.75. The van der Waals surface area contributed by atoms with Gasteiger partial charge in [0.05, 0.1) is 24.6 Å². The quantitative estimate of drug-likeness (QED) is 0.360. The molecule has 220 valence electrons. The van der Waals surface area contributed by atoms with E-state index < -0.39 is 23.4 Å². The zero-order valence-corrected chi connectivity index (χ0v) is 24.8. The van der Waals surface area contributed by atoms with Gasteiger partial charge in [-0.05, 0) is 38.2 Å². The van der Waals surface area contributed by atoms with Gasteiger partial charge in [-0.25, -0.2) is 19.6 Å². The zero-order valence-electron chi connectivity index (χ0n) is 24.8. The minimum absolute atomic E-state index is 0.101. The van der Waals surface area contributed by atoms with Crippen molar-refractivity contribution < 1.29 is 9.53 Å². The maximum atomic E-state index is 14.1. The number of carbonyl (C=O) groups is 1. The highest BCUT2D eigenvalue weighted by molar-refractivity contribution is 5.80. The van der Waals surface area contributed by atoms with Crippen molar-refractivity contribution in [3.63, 3.8) is 0 Å². The van der Waals surface area contributed by atoms with E-state index in [9.17, 15) is 14.4 Å². The molecule has 0 saturated carbocycles. The first-order chi connectivity index (χ1) is 19.9. The van der Waals surface area contributed by atoms with Crippen molar-refractivity contribution >= 4 is 34.1 Å². The fourth-order valence-electron chi connectivity index (χ4n) is 6.02. The number of nitrogens with two attached hydrogens (primary N) is 1. The summed E-state index contributed by atoms with van der Waals surface area (Å²) < 4.78 is 9.83. The number of rotatable bonds is 5. The van der Waals surface area contributed by atoms with E-state index in [4.69, 9.17) is 15.5 Å². The van der Waals surface area contributed by atoms with E-state index >= 15 is 0 Å². The largest absolute Gasteiger partial charge is 0.444 e. The Bertz CT molecular complexity index is 1870. The van der Waals surface area contributed by atoms with Crippen molar-refractivity contribution in [1.29, 1.82) is 0 Å². The summed E-state index contributed by atoms with van der Waals surface area (Å²) in [6.07, 6.45) is 0.0513. The van der Waals surface area contributed by atoms with E-state index in [1.165, 1.54) is 4.57 Å². The van der Waals surface area contributed by atoms with Crippen molar-refractivity contribution in [3.05, 3.63) is 56.6 Å².